The minimum absolute atomic E-state index is 0.0664. The standard InChI is InChI=1S/C17H20N4OS/c1-2-23-16-18-15(22)14-12-8-4-5-9-13(12)19-17(21(14)20-16)10-6-3-7-11-17/h4-5,8-9H,2-3,6-7,10-11H2,1H3,(H,18,20,22). The maximum Gasteiger partial charge on any atom is 0.276 e. The van der Waals surface area contributed by atoms with Crippen LogP contribution < -0.4 is 15.9 Å². The number of carbonyl (C=O) groups is 1. The maximum absolute atomic E-state index is 12.8. The molecule has 23 heavy (non-hydrogen) atoms. The van der Waals surface area contributed by atoms with E-state index in [1.807, 2.05) is 29.3 Å². The van der Waals surface area contributed by atoms with Crippen molar-refractivity contribution < 1.29 is 4.79 Å². The molecule has 1 fully saturated rings. The highest BCUT2D eigenvalue weighted by Crippen LogP contribution is 2.39. The van der Waals surface area contributed by atoms with Crippen LogP contribution in [-0.2, 0) is 4.79 Å². The van der Waals surface area contributed by atoms with Crippen molar-refractivity contribution >= 4 is 28.5 Å². The SMILES string of the molecule is CCSC1=NN2C(=c3ccccc3=NC23CCCCC3)C(=O)N1. The average molecular weight is 328 g/mol. The van der Waals surface area contributed by atoms with E-state index < -0.39 is 0 Å². The second kappa shape index (κ2) is 5.67. The van der Waals surface area contributed by atoms with Crippen LogP contribution in [-0.4, -0.2) is 27.5 Å². The van der Waals surface area contributed by atoms with Gasteiger partial charge in [0.25, 0.3) is 5.91 Å². The van der Waals surface area contributed by atoms with E-state index in [1.54, 1.807) is 11.8 Å². The second-order valence-corrected chi connectivity index (χ2v) is 7.38. The number of carbonyl (C=O) groups excluding carboxylic acids is 1. The van der Waals surface area contributed by atoms with E-state index in [1.165, 1.54) is 6.42 Å². The lowest BCUT2D eigenvalue weighted by molar-refractivity contribution is -0.116. The molecule has 1 aromatic carbocycles. The zero-order valence-corrected chi connectivity index (χ0v) is 14.0. The van der Waals surface area contributed by atoms with Crippen LogP contribution in [0.25, 0.3) is 5.70 Å². The lowest BCUT2D eigenvalue weighted by Gasteiger charge is -2.45. The zero-order valence-electron chi connectivity index (χ0n) is 13.2. The Hall–Kier alpha value is -1.82. The highest BCUT2D eigenvalue weighted by atomic mass is 32.2. The lowest BCUT2D eigenvalue weighted by Crippen LogP contribution is -2.59. The Kier molecular flexibility index (Phi) is 3.64. The van der Waals surface area contributed by atoms with Crippen LogP contribution in [0.2, 0.25) is 0 Å². The molecule has 6 heteroatoms. The predicted molar refractivity (Wildman–Crippen MR) is 92.0 cm³/mol. The van der Waals surface area contributed by atoms with Crippen molar-refractivity contribution in [1.82, 2.24) is 10.3 Å². The van der Waals surface area contributed by atoms with Crippen molar-refractivity contribution in [3.05, 3.63) is 34.8 Å². The third-order valence-electron chi connectivity index (χ3n) is 4.66. The molecule has 1 N–H and O–H groups in total. The summed E-state index contributed by atoms with van der Waals surface area (Å²) in [7, 11) is 0. The van der Waals surface area contributed by atoms with Gasteiger partial charge in [0.2, 0.25) is 0 Å². The van der Waals surface area contributed by atoms with Gasteiger partial charge in [0.15, 0.2) is 10.8 Å². The van der Waals surface area contributed by atoms with Gasteiger partial charge in [-0.2, -0.15) is 0 Å². The zero-order chi connectivity index (χ0) is 15.9. The van der Waals surface area contributed by atoms with Gasteiger partial charge in [-0.1, -0.05) is 43.3 Å². The number of benzene rings is 1. The molecule has 1 spiro atoms. The van der Waals surface area contributed by atoms with Crippen molar-refractivity contribution in [3.8, 4) is 0 Å². The number of hydrazone groups is 1. The van der Waals surface area contributed by atoms with Crippen LogP contribution in [0.5, 0.6) is 0 Å². The molecule has 0 unspecified atom stereocenters. The van der Waals surface area contributed by atoms with Crippen LogP contribution >= 0.6 is 11.8 Å². The van der Waals surface area contributed by atoms with Gasteiger partial charge in [-0.05, 0) is 37.5 Å². The van der Waals surface area contributed by atoms with Crippen molar-refractivity contribution in [1.29, 1.82) is 0 Å². The summed E-state index contributed by atoms with van der Waals surface area (Å²) in [5.41, 5.74) is 0.261. The second-order valence-electron chi connectivity index (χ2n) is 6.12. The van der Waals surface area contributed by atoms with Gasteiger partial charge < -0.3 is 0 Å². The largest absolute Gasteiger partial charge is 0.298 e. The van der Waals surface area contributed by atoms with Gasteiger partial charge in [0.1, 0.15) is 5.70 Å². The molecule has 2 aliphatic heterocycles. The Morgan fingerprint density at radius 3 is 2.83 bits per heavy atom. The minimum atomic E-state index is -0.390. The van der Waals surface area contributed by atoms with Crippen molar-refractivity contribution in [2.45, 2.75) is 44.7 Å². The number of thioether (sulfide) groups is 1. The summed E-state index contributed by atoms with van der Waals surface area (Å²) in [5.74, 6) is 0.812. The van der Waals surface area contributed by atoms with E-state index in [9.17, 15) is 4.79 Å². The van der Waals surface area contributed by atoms with Gasteiger partial charge in [-0.15, -0.1) is 5.10 Å². The van der Waals surface area contributed by atoms with Crippen LogP contribution in [0.1, 0.15) is 39.0 Å². The van der Waals surface area contributed by atoms with Crippen LogP contribution in [0.4, 0.5) is 0 Å². The van der Waals surface area contributed by atoms with Crippen molar-refractivity contribution in [2.75, 3.05) is 5.75 Å². The molecule has 0 bridgehead atoms. The smallest absolute Gasteiger partial charge is 0.276 e. The number of fused-ring (bicyclic) bond motifs is 3. The lowest BCUT2D eigenvalue weighted by atomic mass is 9.87. The van der Waals surface area contributed by atoms with E-state index in [2.05, 4.69) is 12.2 Å². The Bertz CT molecular complexity index is 795. The van der Waals surface area contributed by atoms with Crippen LogP contribution in [0.15, 0.2) is 34.4 Å². The number of nitrogens with one attached hydrogen (secondary N) is 1. The summed E-state index contributed by atoms with van der Waals surface area (Å²) in [6.45, 7) is 2.06. The fourth-order valence-electron chi connectivity index (χ4n) is 3.64. The molecule has 0 atom stereocenters. The quantitative estimate of drug-likeness (QED) is 0.851. The topological polar surface area (TPSA) is 57.1 Å². The third-order valence-corrected chi connectivity index (χ3v) is 5.40. The van der Waals surface area contributed by atoms with Gasteiger partial charge in [-0.25, -0.2) is 5.01 Å². The molecule has 0 radical (unpaired) electrons. The molecule has 3 aliphatic rings. The molecule has 120 valence electrons. The van der Waals surface area contributed by atoms with E-state index in [4.69, 9.17) is 10.1 Å². The number of nitrogens with zero attached hydrogens (tertiary/aromatic N) is 3. The predicted octanol–water partition coefficient (Wildman–Crippen LogP) is 1.54. The molecular formula is C17H20N4OS. The molecule has 0 saturated heterocycles. The summed E-state index contributed by atoms with van der Waals surface area (Å²) in [6.07, 6.45) is 5.39. The molecule has 2 heterocycles. The Morgan fingerprint density at radius 1 is 1.26 bits per heavy atom. The number of amides is 1. The summed E-state index contributed by atoms with van der Waals surface area (Å²) in [4.78, 5) is 17.8. The normalized spacial score (nSPS) is 22.0. The van der Waals surface area contributed by atoms with Crippen LogP contribution in [0.3, 0.4) is 0 Å². The monoisotopic (exact) mass is 328 g/mol. The summed E-state index contributed by atoms with van der Waals surface area (Å²) in [6, 6.07) is 7.90. The molecule has 1 amide bonds. The summed E-state index contributed by atoms with van der Waals surface area (Å²) in [5, 5.41) is 12.1. The Balaban J connectivity index is 1.96. The first-order chi connectivity index (χ1) is 11.2. The number of rotatable bonds is 1. The van der Waals surface area contributed by atoms with Crippen molar-refractivity contribution in [2.24, 2.45) is 10.1 Å². The van der Waals surface area contributed by atoms with E-state index in [-0.39, 0.29) is 11.6 Å². The van der Waals surface area contributed by atoms with Gasteiger partial charge in [0, 0.05) is 5.22 Å². The van der Waals surface area contributed by atoms with Crippen LogP contribution in [0, 0.1) is 0 Å². The van der Waals surface area contributed by atoms with E-state index in [0.717, 1.165) is 42.0 Å². The maximum atomic E-state index is 12.8. The van der Waals surface area contributed by atoms with Gasteiger partial charge >= 0.3 is 0 Å². The fourth-order valence-corrected chi connectivity index (χ4v) is 4.22. The van der Waals surface area contributed by atoms with E-state index >= 15 is 0 Å². The molecule has 1 aromatic rings. The third kappa shape index (κ3) is 2.36. The number of para-hydroxylation sites is 1. The first kappa shape index (κ1) is 14.8. The highest BCUT2D eigenvalue weighted by molar-refractivity contribution is 8.13. The Labute approximate surface area is 139 Å². The van der Waals surface area contributed by atoms with E-state index in [0.29, 0.717) is 10.9 Å². The number of amidine groups is 1. The molecule has 5 nitrogen and oxygen atoms in total. The first-order valence-corrected chi connectivity index (χ1v) is 9.24. The number of hydrogen-bond acceptors (Lipinski definition) is 5. The molecule has 0 aromatic heterocycles. The van der Waals surface area contributed by atoms with Crippen molar-refractivity contribution in [3.63, 3.8) is 0 Å². The number of hydrogen-bond donors (Lipinski definition) is 1. The highest BCUT2D eigenvalue weighted by Gasteiger charge is 2.45. The van der Waals surface area contributed by atoms with Gasteiger partial charge in [0.05, 0.1) is 5.36 Å². The molecular weight excluding hydrogens is 308 g/mol. The summed E-state index contributed by atoms with van der Waals surface area (Å²) < 4.78 is 0. The summed E-state index contributed by atoms with van der Waals surface area (Å²) >= 11 is 1.56. The molecule has 1 saturated carbocycles. The Morgan fingerprint density at radius 2 is 2.04 bits per heavy atom. The molecule has 4 rings (SSSR count). The van der Waals surface area contributed by atoms with Gasteiger partial charge in [-0.3, -0.25) is 15.1 Å². The first-order valence-electron chi connectivity index (χ1n) is 8.26. The molecule has 1 aliphatic carbocycles. The fraction of sp³-hybridized carbons (Fsp3) is 0.471. The minimum Gasteiger partial charge on any atom is -0.298 e. The average Bonchev–Trinajstić information content (AvgIpc) is 2.56.